The van der Waals surface area contributed by atoms with Gasteiger partial charge in [0.05, 0.1) is 11.1 Å². The van der Waals surface area contributed by atoms with Crippen LogP contribution < -0.4 is 13.7 Å². The first-order chi connectivity index (χ1) is 18.4. The Labute approximate surface area is 215 Å². The number of aromatic nitrogens is 3. The van der Waals surface area contributed by atoms with E-state index >= 15 is 0 Å². The van der Waals surface area contributed by atoms with Gasteiger partial charge in [-0.05, 0) is 48.5 Å². The van der Waals surface area contributed by atoms with Crippen molar-refractivity contribution in [1.29, 1.82) is 0 Å². The molecule has 3 aromatic carbocycles. The number of rotatable bonds is 0. The van der Waals surface area contributed by atoms with E-state index < -0.39 is 5.66 Å². The van der Waals surface area contributed by atoms with Crippen LogP contribution in [0, 0.1) is 0 Å². The Morgan fingerprint density at radius 2 is 0.838 bits per heavy atom. The van der Waals surface area contributed by atoms with Gasteiger partial charge in [-0.2, -0.15) is 4.57 Å². The Bertz CT molecular complexity index is 1720. The molecular formula is C34H24N3+3. The molecule has 3 nitrogen and oxygen atoms in total. The van der Waals surface area contributed by atoms with Gasteiger partial charge in [0, 0.05) is 42.5 Å². The average Bonchev–Trinajstić information content (AvgIpc) is 3.29. The van der Waals surface area contributed by atoms with Crippen LogP contribution in [0.25, 0.3) is 39.5 Å². The van der Waals surface area contributed by atoms with E-state index in [2.05, 4.69) is 160 Å². The van der Waals surface area contributed by atoms with Crippen molar-refractivity contribution in [2.75, 3.05) is 0 Å². The lowest BCUT2D eigenvalue weighted by Gasteiger charge is -2.23. The summed E-state index contributed by atoms with van der Waals surface area (Å²) in [6.45, 7) is 0. The monoisotopic (exact) mass is 474 g/mol. The lowest BCUT2D eigenvalue weighted by atomic mass is 9.85. The topological polar surface area (TPSA) is 11.6 Å². The van der Waals surface area contributed by atoms with Crippen LogP contribution in [-0.4, -0.2) is 0 Å². The normalized spacial score (nSPS) is 16.2. The first-order valence-electron chi connectivity index (χ1n) is 12.7. The van der Waals surface area contributed by atoms with E-state index in [1.165, 1.54) is 39.2 Å². The highest BCUT2D eigenvalue weighted by atomic mass is 15.3. The lowest BCUT2D eigenvalue weighted by Crippen LogP contribution is -2.73. The van der Waals surface area contributed by atoms with Crippen LogP contribution in [-0.2, 0) is 5.66 Å². The molecule has 0 N–H and O–H groups in total. The van der Waals surface area contributed by atoms with Gasteiger partial charge in [-0.25, -0.2) is 0 Å². The maximum Gasteiger partial charge on any atom is 0.417 e. The second-order valence-electron chi connectivity index (χ2n) is 9.65. The SMILES string of the molecule is c1ccc2c(c1)-c1cccc[n+]1[C@@]1(c3ccccc3-c3cccc[n+]3-2)c2ccccc2-c2cccc[n+]21. The fraction of sp³-hybridized carbons (Fsp3) is 0.0294. The molecule has 0 bridgehead atoms. The number of benzene rings is 3. The molecule has 172 valence electrons. The highest BCUT2D eigenvalue weighted by molar-refractivity contribution is 5.73. The first-order valence-corrected chi connectivity index (χ1v) is 12.7. The number of fused-ring (bicyclic) bond motifs is 14. The van der Waals surface area contributed by atoms with Crippen LogP contribution in [0.5, 0.6) is 0 Å². The van der Waals surface area contributed by atoms with E-state index in [9.17, 15) is 0 Å². The number of nitrogens with zero attached hydrogens (tertiary/aromatic N) is 3. The fourth-order valence-electron chi connectivity index (χ4n) is 6.46. The molecule has 8 rings (SSSR count). The van der Waals surface area contributed by atoms with E-state index in [-0.39, 0.29) is 0 Å². The molecule has 2 aliphatic heterocycles. The van der Waals surface area contributed by atoms with Crippen molar-refractivity contribution < 1.29 is 13.7 Å². The summed E-state index contributed by atoms with van der Waals surface area (Å²) in [5.41, 5.74) is 10.3. The summed E-state index contributed by atoms with van der Waals surface area (Å²) >= 11 is 0. The Balaban J connectivity index is 1.68. The van der Waals surface area contributed by atoms with Crippen LogP contribution in [0.2, 0.25) is 0 Å². The smallest absolute Gasteiger partial charge is 0.159 e. The number of hydrogen-bond donors (Lipinski definition) is 0. The Morgan fingerprint density at radius 3 is 1.51 bits per heavy atom. The Hall–Kier alpha value is -4.89. The molecule has 5 heterocycles. The van der Waals surface area contributed by atoms with E-state index in [0.29, 0.717) is 0 Å². The van der Waals surface area contributed by atoms with Crippen molar-refractivity contribution in [3.8, 4) is 39.5 Å². The van der Waals surface area contributed by atoms with Gasteiger partial charge in [-0.15, -0.1) is 9.13 Å². The van der Waals surface area contributed by atoms with Gasteiger partial charge in [0.1, 0.15) is 16.7 Å². The van der Waals surface area contributed by atoms with Crippen LogP contribution in [0.15, 0.2) is 146 Å². The van der Waals surface area contributed by atoms with E-state index in [1.54, 1.807) is 0 Å². The van der Waals surface area contributed by atoms with Crippen LogP contribution in [0.4, 0.5) is 0 Å². The summed E-state index contributed by atoms with van der Waals surface area (Å²) in [5.74, 6) is 0. The second kappa shape index (κ2) is 7.55. The third-order valence-electron chi connectivity index (χ3n) is 7.87. The Morgan fingerprint density at radius 1 is 0.378 bits per heavy atom. The molecule has 1 atom stereocenters. The maximum atomic E-state index is 2.48. The van der Waals surface area contributed by atoms with Gasteiger partial charge in [-0.3, -0.25) is 0 Å². The zero-order chi connectivity index (χ0) is 24.4. The molecule has 0 saturated carbocycles. The fourth-order valence-corrected chi connectivity index (χ4v) is 6.46. The largest absolute Gasteiger partial charge is 0.417 e. The molecule has 3 aromatic heterocycles. The van der Waals surface area contributed by atoms with Crippen molar-refractivity contribution in [2.45, 2.75) is 5.66 Å². The standard InChI is InChI=1S/C34H24N3/c1-4-16-28-25(13-1)30-19-7-10-22-35(30)31-18-6-3-15-27(31)33-21-9-12-24-37(33)34(28)29-17-5-2-14-26(29)32-20-8-11-23-36(32)34/h1-24H/q+3/t34-/m0/s1. The van der Waals surface area contributed by atoms with Gasteiger partial charge < -0.3 is 0 Å². The minimum Gasteiger partial charge on any atom is -0.159 e. The summed E-state index contributed by atoms with van der Waals surface area (Å²) in [6, 6.07) is 46.1. The van der Waals surface area contributed by atoms with Crippen molar-refractivity contribution in [2.24, 2.45) is 0 Å². The van der Waals surface area contributed by atoms with E-state index in [4.69, 9.17) is 0 Å². The van der Waals surface area contributed by atoms with Crippen LogP contribution in [0.3, 0.4) is 0 Å². The summed E-state index contributed by atoms with van der Waals surface area (Å²) in [6.07, 6.45) is 6.66. The highest BCUT2D eigenvalue weighted by Crippen LogP contribution is 2.44. The van der Waals surface area contributed by atoms with E-state index in [1.807, 2.05) is 0 Å². The molecule has 6 aromatic rings. The maximum absolute atomic E-state index is 2.48. The summed E-state index contributed by atoms with van der Waals surface area (Å²) < 4.78 is 7.27. The molecule has 0 radical (unpaired) electrons. The van der Waals surface area contributed by atoms with Crippen LogP contribution >= 0.6 is 0 Å². The summed E-state index contributed by atoms with van der Waals surface area (Å²) in [5, 5.41) is 0. The zero-order valence-corrected chi connectivity index (χ0v) is 20.2. The molecule has 3 heteroatoms. The third kappa shape index (κ3) is 2.58. The average molecular weight is 475 g/mol. The molecule has 1 spiro atoms. The van der Waals surface area contributed by atoms with Crippen molar-refractivity contribution in [3.63, 3.8) is 0 Å². The van der Waals surface area contributed by atoms with Gasteiger partial charge in [-0.1, -0.05) is 36.4 Å². The number of pyridine rings is 3. The molecule has 0 amide bonds. The first kappa shape index (κ1) is 20.3. The van der Waals surface area contributed by atoms with Gasteiger partial charge in [0.25, 0.3) is 0 Å². The second-order valence-corrected chi connectivity index (χ2v) is 9.65. The molecule has 37 heavy (non-hydrogen) atoms. The lowest BCUT2D eigenvalue weighted by molar-refractivity contribution is -0.958. The molecule has 0 unspecified atom stereocenters. The molecular weight excluding hydrogens is 450 g/mol. The summed E-state index contributed by atoms with van der Waals surface area (Å²) in [7, 11) is 0. The highest BCUT2D eigenvalue weighted by Gasteiger charge is 2.63. The van der Waals surface area contributed by atoms with Gasteiger partial charge in [0.15, 0.2) is 18.6 Å². The third-order valence-corrected chi connectivity index (χ3v) is 7.87. The van der Waals surface area contributed by atoms with Crippen LogP contribution in [0.1, 0.15) is 11.1 Å². The number of para-hydroxylation sites is 1. The van der Waals surface area contributed by atoms with Crippen molar-refractivity contribution in [1.82, 2.24) is 0 Å². The zero-order valence-electron chi connectivity index (χ0n) is 20.2. The predicted molar refractivity (Wildman–Crippen MR) is 143 cm³/mol. The molecule has 0 fully saturated rings. The predicted octanol–water partition coefficient (Wildman–Crippen LogP) is 5.46. The van der Waals surface area contributed by atoms with Crippen molar-refractivity contribution >= 4 is 0 Å². The molecule has 2 aliphatic rings. The van der Waals surface area contributed by atoms with Gasteiger partial charge >= 0.3 is 5.66 Å². The quantitative estimate of drug-likeness (QED) is 0.259. The minimum absolute atomic E-state index is 0.620. The molecule has 0 saturated heterocycles. The molecule has 0 aliphatic carbocycles. The van der Waals surface area contributed by atoms with Crippen molar-refractivity contribution in [3.05, 3.63) is 157 Å². The summed E-state index contributed by atoms with van der Waals surface area (Å²) in [4.78, 5) is 0. The number of hydrogen-bond acceptors (Lipinski definition) is 0. The Kier molecular flexibility index (Phi) is 4.15. The van der Waals surface area contributed by atoms with Gasteiger partial charge in [0.2, 0.25) is 22.8 Å². The minimum atomic E-state index is -0.620. The van der Waals surface area contributed by atoms with E-state index in [0.717, 1.165) is 11.4 Å².